The van der Waals surface area contributed by atoms with Crippen LogP contribution in [0.2, 0.25) is 0 Å². The largest absolute Gasteiger partial charge is 0.369 e. The van der Waals surface area contributed by atoms with Gasteiger partial charge in [0.15, 0.2) is 0 Å². The summed E-state index contributed by atoms with van der Waals surface area (Å²) < 4.78 is 5.41. The number of aromatic nitrogens is 2. The number of para-hydroxylation sites is 1. The van der Waals surface area contributed by atoms with E-state index in [9.17, 15) is 4.79 Å². The Bertz CT molecular complexity index is 1260. The van der Waals surface area contributed by atoms with Crippen molar-refractivity contribution in [1.29, 1.82) is 0 Å². The fourth-order valence-electron chi connectivity index (χ4n) is 4.26. The molecular weight excluding hydrogens is 434 g/mol. The van der Waals surface area contributed by atoms with Gasteiger partial charge in [-0.25, -0.2) is 4.98 Å². The van der Waals surface area contributed by atoms with E-state index in [-0.39, 0.29) is 5.91 Å². The maximum Gasteiger partial charge on any atom is 0.259 e. The maximum atomic E-state index is 13.1. The average molecular weight is 462 g/mol. The first-order chi connectivity index (χ1) is 16.1. The second-order valence-electron chi connectivity index (χ2n) is 8.33. The summed E-state index contributed by atoms with van der Waals surface area (Å²) in [5.74, 6) is -0.119. The van der Waals surface area contributed by atoms with Crippen molar-refractivity contribution in [3.8, 4) is 10.6 Å². The summed E-state index contributed by atoms with van der Waals surface area (Å²) in [6.45, 7) is 9.25. The fourth-order valence-corrected chi connectivity index (χ4v) is 5.09. The minimum Gasteiger partial charge on any atom is -0.369 e. The van der Waals surface area contributed by atoms with Crippen LogP contribution in [0.5, 0.6) is 0 Å². The van der Waals surface area contributed by atoms with Crippen LogP contribution in [0.3, 0.4) is 0 Å². The molecule has 0 aliphatic carbocycles. The van der Waals surface area contributed by atoms with Crippen LogP contribution in [-0.4, -0.2) is 60.2 Å². The van der Waals surface area contributed by atoms with Crippen LogP contribution in [0.4, 0.5) is 5.69 Å². The number of hydrogen-bond acceptors (Lipinski definition) is 7. The average Bonchev–Trinajstić information content (AvgIpc) is 3.45. The molecule has 33 heavy (non-hydrogen) atoms. The maximum absolute atomic E-state index is 13.1. The van der Waals surface area contributed by atoms with Gasteiger partial charge in [-0.1, -0.05) is 23.4 Å². The molecule has 4 aromatic rings. The number of carbonyl (C=O) groups is 1. The van der Waals surface area contributed by atoms with Crippen molar-refractivity contribution in [3.63, 3.8) is 0 Å². The van der Waals surface area contributed by atoms with E-state index >= 15 is 0 Å². The van der Waals surface area contributed by atoms with Gasteiger partial charge in [-0.3, -0.25) is 9.69 Å². The molecule has 0 unspecified atom stereocenters. The molecule has 0 saturated carbocycles. The zero-order chi connectivity index (χ0) is 22.8. The summed E-state index contributed by atoms with van der Waals surface area (Å²) in [6, 6.07) is 16.4. The first-order valence-corrected chi connectivity index (χ1v) is 12.0. The third-order valence-corrected chi connectivity index (χ3v) is 7.08. The number of pyridine rings is 1. The standard InChI is InChI=1S/C25H27N5O2S/c1-17-8-9-22(33-17)21-16-20(23-18(2)28-32-25(23)27-21)24(31)26-10-11-29-12-14-30(15-13-29)19-6-4-3-5-7-19/h3-9,16H,10-15H2,1-2H3,(H,26,31). The molecular formula is C25H27N5O2S. The highest BCUT2D eigenvalue weighted by atomic mass is 32.1. The molecule has 1 aromatic carbocycles. The number of nitrogens with one attached hydrogen (secondary N) is 1. The fraction of sp³-hybridized carbons (Fsp3) is 0.320. The predicted molar refractivity (Wildman–Crippen MR) is 132 cm³/mol. The molecule has 170 valence electrons. The zero-order valence-electron chi connectivity index (χ0n) is 18.9. The van der Waals surface area contributed by atoms with Crippen LogP contribution >= 0.6 is 11.3 Å². The van der Waals surface area contributed by atoms with Gasteiger partial charge in [-0.2, -0.15) is 0 Å². The number of benzene rings is 1. The molecule has 8 heteroatoms. The molecule has 0 spiro atoms. The lowest BCUT2D eigenvalue weighted by Crippen LogP contribution is -2.48. The number of fused-ring (bicyclic) bond motifs is 1. The van der Waals surface area contributed by atoms with E-state index in [2.05, 4.69) is 62.5 Å². The minimum absolute atomic E-state index is 0.119. The van der Waals surface area contributed by atoms with E-state index in [1.54, 1.807) is 11.3 Å². The van der Waals surface area contributed by atoms with E-state index in [1.165, 1.54) is 10.6 Å². The topological polar surface area (TPSA) is 74.5 Å². The van der Waals surface area contributed by atoms with Crippen molar-refractivity contribution in [2.75, 3.05) is 44.2 Å². The Balaban J connectivity index is 1.23. The van der Waals surface area contributed by atoms with E-state index in [4.69, 9.17) is 4.52 Å². The molecule has 0 atom stereocenters. The third-order valence-electron chi connectivity index (χ3n) is 6.06. The Kier molecular flexibility index (Phi) is 6.11. The van der Waals surface area contributed by atoms with Gasteiger partial charge in [-0.15, -0.1) is 11.3 Å². The molecule has 3 aromatic heterocycles. The highest BCUT2D eigenvalue weighted by Crippen LogP contribution is 2.31. The van der Waals surface area contributed by atoms with Crippen molar-refractivity contribution >= 4 is 34.0 Å². The highest BCUT2D eigenvalue weighted by Gasteiger charge is 2.21. The monoisotopic (exact) mass is 461 g/mol. The Morgan fingerprint density at radius 3 is 2.61 bits per heavy atom. The second kappa shape index (κ2) is 9.33. The summed E-state index contributed by atoms with van der Waals surface area (Å²) in [6.07, 6.45) is 0. The summed E-state index contributed by atoms with van der Waals surface area (Å²) in [5, 5.41) is 7.81. The van der Waals surface area contributed by atoms with Crippen molar-refractivity contribution in [1.82, 2.24) is 20.4 Å². The van der Waals surface area contributed by atoms with E-state index in [0.717, 1.165) is 43.3 Å². The first kappa shape index (κ1) is 21.6. The number of piperazine rings is 1. The van der Waals surface area contributed by atoms with Crippen LogP contribution in [0.1, 0.15) is 20.9 Å². The zero-order valence-corrected chi connectivity index (χ0v) is 19.7. The van der Waals surface area contributed by atoms with Crippen molar-refractivity contribution in [3.05, 3.63) is 64.7 Å². The number of rotatable bonds is 6. The molecule has 1 aliphatic rings. The Morgan fingerprint density at radius 1 is 1.09 bits per heavy atom. The lowest BCUT2D eigenvalue weighted by atomic mass is 10.1. The number of hydrogen-bond donors (Lipinski definition) is 1. The molecule has 5 rings (SSSR count). The van der Waals surface area contributed by atoms with Crippen LogP contribution in [0.15, 0.2) is 53.1 Å². The van der Waals surface area contributed by atoms with Gasteiger partial charge in [-0.05, 0) is 44.2 Å². The van der Waals surface area contributed by atoms with E-state index in [1.807, 2.05) is 25.1 Å². The molecule has 1 N–H and O–H groups in total. The van der Waals surface area contributed by atoms with Gasteiger partial charge in [0, 0.05) is 49.8 Å². The minimum atomic E-state index is -0.119. The Labute approximate surface area is 197 Å². The normalized spacial score (nSPS) is 14.7. The molecule has 0 bridgehead atoms. The van der Waals surface area contributed by atoms with Crippen LogP contribution in [0, 0.1) is 13.8 Å². The lowest BCUT2D eigenvalue weighted by molar-refractivity contribution is 0.0949. The SMILES string of the molecule is Cc1ccc(-c2cc(C(=O)NCCN3CCN(c4ccccc4)CC3)c3c(C)noc3n2)s1. The smallest absolute Gasteiger partial charge is 0.259 e. The number of thiophene rings is 1. The van der Waals surface area contributed by atoms with Crippen LogP contribution in [-0.2, 0) is 0 Å². The highest BCUT2D eigenvalue weighted by molar-refractivity contribution is 7.15. The van der Waals surface area contributed by atoms with Gasteiger partial charge in [0.1, 0.15) is 0 Å². The third kappa shape index (κ3) is 4.62. The summed E-state index contributed by atoms with van der Waals surface area (Å²) >= 11 is 1.64. The molecule has 1 aliphatic heterocycles. The van der Waals surface area contributed by atoms with Crippen molar-refractivity contribution < 1.29 is 9.32 Å². The number of carbonyl (C=O) groups excluding carboxylic acids is 1. The Morgan fingerprint density at radius 2 is 1.88 bits per heavy atom. The van der Waals surface area contributed by atoms with Gasteiger partial charge in [0.25, 0.3) is 11.6 Å². The second-order valence-corrected chi connectivity index (χ2v) is 9.62. The van der Waals surface area contributed by atoms with Gasteiger partial charge in [0.05, 0.1) is 27.2 Å². The van der Waals surface area contributed by atoms with Crippen molar-refractivity contribution in [2.45, 2.75) is 13.8 Å². The quantitative estimate of drug-likeness (QED) is 0.466. The molecule has 1 amide bonds. The summed E-state index contributed by atoms with van der Waals surface area (Å²) in [7, 11) is 0. The van der Waals surface area contributed by atoms with E-state index in [0.29, 0.717) is 28.9 Å². The molecule has 4 heterocycles. The predicted octanol–water partition coefficient (Wildman–Crippen LogP) is 4.12. The van der Waals surface area contributed by atoms with Crippen LogP contribution in [0.25, 0.3) is 21.7 Å². The molecule has 7 nitrogen and oxygen atoms in total. The Hall–Kier alpha value is -3.23. The first-order valence-electron chi connectivity index (χ1n) is 11.2. The molecule has 0 radical (unpaired) electrons. The number of anilines is 1. The summed E-state index contributed by atoms with van der Waals surface area (Å²) in [5.41, 5.74) is 3.65. The molecule has 1 fully saturated rings. The van der Waals surface area contributed by atoms with E-state index < -0.39 is 0 Å². The van der Waals surface area contributed by atoms with Crippen LogP contribution < -0.4 is 10.2 Å². The van der Waals surface area contributed by atoms with Gasteiger partial charge >= 0.3 is 0 Å². The van der Waals surface area contributed by atoms with Crippen molar-refractivity contribution in [2.24, 2.45) is 0 Å². The number of nitrogens with zero attached hydrogens (tertiary/aromatic N) is 4. The number of amides is 1. The summed E-state index contributed by atoms with van der Waals surface area (Å²) in [4.78, 5) is 24.7. The van der Waals surface area contributed by atoms with Gasteiger partial charge in [0.2, 0.25) is 0 Å². The molecule has 1 saturated heterocycles. The number of aryl methyl sites for hydroxylation is 2. The lowest BCUT2D eigenvalue weighted by Gasteiger charge is -2.36. The van der Waals surface area contributed by atoms with Gasteiger partial charge < -0.3 is 14.7 Å².